The molecule has 1 nitrogen and oxygen atoms in total. The molecule has 1 saturated carbocycles. The molecule has 2 fully saturated rings. The van der Waals surface area contributed by atoms with Gasteiger partial charge in [-0.25, -0.2) is 3.11 Å². The van der Waals surface area contributed by atoms with Crippen LogP contribution in [-0.4, -0.2) is 15.2 Å². The first-order valence-electron chi connectivity index (χ1n) is 4.16. The van der Waals surface area contributed by atoms with Crippen molar-refractivity contribution in [3.63, 3.8) is 0 Å². The summed E-state index contributed by atoms with van der Waals surface area (Å²) in [5.41, 5.74) is 0.667. The van der Waals surface area contributed by atoms with E-state index in [1.165, 1.54) is 32.2 Å². The monoisotopic (exact) mass is 251 g/mol. The van der Waals surface area contributed by atoms with Crippen LogP contribution in [0.15, 0.2) is 0 Å². The van der Waals surface area contributed by atoms with Gasteiger partial charge in [0.05, 0.1) is 0 Å². The predicted molar refractivity (Wildman–Crippen MR) is 51.1 cm³/mol. The van der Waals surface area contributed by atoms with Gasteiger partial charge in [-0.05, 0) is 31.6 Å². The molecular weight excluding hydrogens is 237 g/mol. The fraction of sp³-hybridized carbons (Fsp3) is 1.00. The Labute approximate surface area is 76.7 Å². The minimum absolute atomic E-state index is 0.667. The number of halogens is 1. The lowest BCUT2D eigenvalue weighted by molar-refractivity contribution is 0.108. The lowest BCUT2D eigenvalue weighted by atomic mass is 9.86. The van der Waals surface area contributed by atoms with Gasteiger partial charge in [0.1, 0.15) is 0 Å². The molecule has 1 aliphatic heterocycles. The Morgan fingerprint density at radius 2 is 2.30 bits per heavy atom. The zero-order valence-electron chi connectivity index (χ0n) is 6.44. The van der Waals surface area contributed by atoms with Crippen LogP contribution in [-0.2, 0) is 0 Å². The van der Waals surface area contributed by atoms with Gasteiger partial charge in [0.2, 0.25) is 0 Å². The highest BCUT2D eigenvalue weighted by molar-refractivity contribution is 14.1. The minimum atomic E-state index is 0.667. The summed E-state index contributed by atoms with van der Waals surface area (Å²) in [4.78, 5) is 0. The van der Waals surface area contributed by atoms with E-state index in [4.69, 9.17) is 0 Å². The SMILES string of the molecule is CC1CC[C@@]2(CCN2I)C1. The summed E-state index contributed by atoms with van der Waals surface area (Å²) >= 11 is 2.49. The van der Waals surface area contributed by atoms with E-state index in [0.29, 0.717) is 5.54 Å². The molecule has 1 aliphatic carbocycles. The molecule has 58 valence electrons. The van der Waals surface area contributed by atoms with Gasteiger partial charge in [0.25, 0.3) is 0 Å². The quantitative estimate of drug-likeness (QED) is 0.472. The average molecular weight is 251 g/mol. The van der Waals surface area contributed by atoms with Crippen molar-refractivity contribution < 1.29 is 0 Å². The van der Waals surface area contributed by atoms with Gasteiger partial charge >= 0.3 is 0 Å². The summed E-state index contributed by atoms with van der Waals surface area (Å²) in [5, 5.41) is 0. The van der Waals surface area contributed by atoms with Gasteiger partial charge in [-0.2, -0.15) is 0 Å². The maximum atomic E-state index is 2.52. The maximum absolute atomic E-state index is 2.52. The van der Waals surface area contributed by atoms with E-state index >= 15 is 0 Å². The third-order valence-electron chi connectivity index (χ3n) is 3.12. The third kappa shape index (κ3) is 0.916. The topological polar surface area (TPSA) is 3.24 Å². The third-order valence-corrected chi connectivity index (χ3v) is 4.62. The van der Waals surface area contributed by atoms with Crippen LogP contribution >= 0.6 is 22.9 Å². The van der Waals surface area contributed by atoms with Crippen LogP contribution in [0.5, 0.6) is 0 Å². The molecule has 2 atom stereocenters. The first-order chi connectivity index (χ1) is 4.73. The maximum Gasteiger partial charge on any atom is 0.0320 e. The Morgan fingerprint density at radius 1 is 1.50 bits per heavy atom. The minimum Gasteiger partial charge on any atom is -0.241 e. The molecule has 1 saturated heterocycles. The Bertz CT molecular complexity index is 148. The van der Waals surface area contributed by atoms with Gasteiger partial charge in [-0.3, -0.25) is 0 Å². The number of hydrogen-bond donors (Lipinski definition) is 0. The number of rotatable bonds is 0. The molecule has 0 bridgehead atoms. The van der Waals surface area contributed by atoms with Crippen LogP contribution in [0.4, 0.5) is 0 Å². The van der Waals surface area contributed by atoms with Gasteiger partial charge in [-0.15, -0.1) is 0 Å². The summed E-state index contributed by atoms with van der Waals surface area (Å²) in [6.45, 7) is 3.71. The van der Waals surface area contributed by atoms with Crippen LogP contribution in [0.25, 0.3) is 0 Å². The van der Waals surface area contributed by atoms with E-state index in [1.807, 2.05) is 0 Å². The highest BCUT2D eigenvalue weighted by Crippen LogP contribution is 2.48. The standard InChI is InChI=1S/C8H14IN/c1-7-2-3-8(6-7)4-5-10(8)9/h7H,2-6H2,1H3/t7?,8-/m1/s1. The first kappa shape index (κ1) is 7.35. The molecule has 0 amide bonds. The lowest BCUT2D eigenvalue weighted by Crippen LogP contribution is -2.52. The summed E-state index contributed by atoms with van der Waals surface area (Å²) in [6, 6.07) is 0. The summed E-state index contributed by atoms with van der Waals surface area (Å²) < 4.78 is 2.52. The molecule has 0 radical (unpaired) electrons. The first-order valence-corrected chi connectivity index (χ1v) is 5.13. The van der Waals surface area contributed by atoms with Crippen LogP contribution in [0.2, 0.25) is 0 Å². The average Bonchev–Trinajstić information content (AvgIpc) is 2.31. The molecule has 0 aromatic heterocycles. The van der Waals surface area contributed by atoms with Gasteiger partial charge < -0.3 is 0 Å². The Morgan fingerprint density at radius 3 is 2.50 bits per heavy atom. The molecule has 0 aromatic carbocycles. The van der Waals surface area contributed by atoms with Gasteiger partial charge in [0, 0.05) is 34.9 Å². The van der Waals surface area contributed by atoms with Crippen molar-refractivity contribution in [2.24, 2.45) is 5.92 Å². The van der Waals surface area contributed by atoms with Crippen molar-refractivity contribution in [1.82, 2.24) is 3.11 Å². The molecule has 2 rings (SSSR count). The smallest absolute Gasteiger partial charge is 0.0320 e. The molecule has 10 heavy (non-hydrogen) atoms. The Kier molecular flexibility index (Phi) is 1.72. The highest BCUT2D eigenvalue weighted by Gasteiger charge is 2.47. The van der Waals surface area contributed by atoms with Crippen molar-refractivity contribution in [2.75, 3.05) is 6.54 Å². The van der Waals surface area contributed by atoms with Crippen molar-refractivity contribution in [3.8, 4) is 0 Å². The largest absolute Gasteiger partial charge is 0.241 e. The van der Waals surface area contributed by atoms with E-state index in [-0.39, 0.29) is 0 Å². The van der Waals surface area contributed by atoms with Gasteiger partial charge in [0.15, 0.2) is 0 Å². The fourth-order valence-electron chi connectivity index (χ4n) is 2.33. The molecule has 1 spiro atoms. The molecular formula is C8H14IN. The van der Waals surface area contributed by atoms with Crippen LogP contribution in [0.1, 0.15) is 32.6 Å². The normalized spacial score (nSPS) is 48.0. The number of nitrogens with zero attached hydrogens (tertiary/aromatic N) is 1. The van der Waals surface area contributed by atoms with E-state index < -0.39 is 0 Å². The van der Waals surface area contributed by atoms with Gasteiger partial charge in [-0.1, -0.05) is 6.92 Å². The van der Waals surface area contributed by atoms with Crippen molar-refractivity contribution in [2.45, 2.75) is 38.1 Å². The van der Waals surface area contributed by atoms with E-state index in [2.05, 4.69) is 32.9 Å². The summed E-state index contributed by atoms with van der Waals surface area (Å²) in [6.07, 6.45) is 5.83. The Hall–Kier alpha value is 0.690. The zero-order chi connectivity index (χ0) is 7.19. The van der Waals surface area contributed by atoms with E-state index in [9.17, 15) is 0 Å². The van der Waals surface area contributed by atoms with E-state index in [0.717, 1.165) is 5.92 Å². The second-order valence-electron chi connectivity index (χ2n) is 3.91. The van der Waals surface area contributed by atoms with Crippen LogP contribution in [0.3, 0.4) is 0 Å². The highest BCUT2D eigenvalue weighted by atomic mass is 127. The second-order valence-corrected chi connectivity index (χ2v) is 5.07. The molecule has 0 aromatic rings. The summed E-state index contributed by atoms with van der Waals surface area (Å²) in [5.74, 6) is 0.984. The molecule has 1 heterocycles. The van der Waals surface area contributed by atoms with Crippen LogP contribution < -0.4 is 0 Å². The molecule has 1 unspecified atom stereocenters. The second kappa shape index (κ2) is 2.34. The van der Waals surface area contributed by atoms with E-state index in [1.54, 1.807) is 0 Å². The van der Waals surface area contributed by atoms with Crippen molar-refractivity contribution in [3.05, 3.63) is 0 Å². The Balaban J connectivity index is 2.04. The van der Waals surface area contributed by atoms with Crippen molar-refractivity contribution >= 4 is 22.9 Å². The number of hydrogen-bond acceptors (Lipinski definition) is 1. The van der Waals surface area contributed by atoms with Crippen molar-refractivity contribution in [1.29, 1.82) is 0 Å². The summed E-state index contributed by atoms with van der Waals surface area (Å²) in [7, 11) is 0. The fourth-order valence-corrected chi connectivity index (χ4v) is 3.25. The lowest BCUT2D eigenvalue weighted by Gasteiger charge is -2.47. The molecule has 2 heteroatoms. The molecule has 0 N–H and O–H groups in total. The zero-order valence-corrected chi connectivity index (χ0v) is 8.60. The predicted octanol–water partition coefficient (Wildman–Crippen LogP) is 2.60. The molecule has 2 aliphatic rings. The van der Waals surface area contributed by atoms with Crippen LogP contribution in [0, 0.1) is 5.92 Å².